The van der Waals surface area contributed by atoms with Crippen molar-refractivity contribution in [1.82, 2.24) is 0 Å². The molecule has 3 heteroatoms. The van der Waals surface area contributed by atoms with Gasteiger partial charge in [0.1, 0.15) is 0 Å². The topological polar surface area (TPSA) is 73.7 Å². The molecule has 0 saturated heterocycles. The van der Waals surface area contributed by atoms with Crippen LogP contribution in [0.4, 0.5) is 0 Å². The molecule has 0 aromatic rings. The molecule has 0 spiro atoms. The summed E-state index contributed by atoms with van der Waals surface area (Å²) in [7, 11) is 1.50. The summed E-state index contributed by atoms with van der Waals surface area (Å²) in [4.78, 5) is 0. The van der Waals surface area contributed by atoms with E-state index in [1.165, 1.54) is 7.05 Å². The molecule has 0 fully saturated rings. The first-order valence-electron chi connectivity index (χ1n) is 4.85. The van der Waals surface area contributed by atoms with Crippen molar-refractivity contribution >= 4 is 11.4 Å². The number of nitrogens with one attached hydrogen (secondary N) is 2. The molecule has 0 aromatic heterocycles. The quantitative estimate of drug-likeness (QED) is 0.483. The summed E-state index contributed by atoms with van der Waals surface area (Å²) in [6.07, 6.45) is 8.07. The fraction of sp³-hybridized carbons (Fsp3) is 0.333. The number of rotatable bonds is 4. The lowest BCUT2D eigenvalue weighted by Gasteiger charge is -1.84. The summed E-state index contributed by atoms with van der Waals surface area (Å²) in [6.45, 7) is 9.15. The van der Waals surface area contributed by atoms with E-state index in [-0.39, 0.29) is 0 Å². The van der Waals surface area contributed by atoms with Crippen molar-refractivity contribution in [3.05, 3.63) is 37.0 Å². The van der Waals surface area contributed by atoms with Gasteiger partial charge in [-0.15, -0.1) is 0 Å². The van der Waals surface area contributed by atoms with Crippen molar-refractivity contribution in [1.29, 1.82) is 10.8 Å². The van der Waals surface area contributed by atoms with Gasteiger partial charge in [-0.1, -0.05) is 32.6 Å². The zero-order valence-corrected chi connectivity index (χ0v) is 10.2. The van der Waals surface area contributed by atoms with Gasteiger partial charge in [0.2, 0.25) is 0 Å². The van der Waals surface area contributed by atoms with E-state index in [1.54, 1.807) is 37.3 Å². The molecular weight excluding hydrogens is 186 g/mol. The lowest BCUT2D eigenvalue weighted by atomic mass is 10.2. The maximum Gasteiger partial charge on any atom is 0.0540 e. The molecule has 0 aliphatic carbocycles. The van der Waals surface area contributed by atoms with Gasteiger partial charge in [0, 0.05) is 5.71 Å². The van der Waals surface area contributed by atoms with E-state index in [0.29, 0.717) is 11.4 Å². The Morgan fingerprint density at radius 1 is 1.07 bits per heavy atom. The average Bonchev–Trinajstić information content (AvgIpc) is 2.29. The van der Waals surface area contributed by atoms with Crippen molar-refractivity contribution < 1.29 is 0 Å². The van der Waals surface area contributed by atoms with E-state index in [2.05, 4.69) is 12.3 Å². The van der Waals surface area contributed by atoms with Crippen molar-refractivity contribution in [2.45, 2.75) is 20.8 Å². The molecule has 0 aliphatic heterocycles. The Hall–Kier alpha value is -1.48. The Balaban J connectivity index is -0.000000318. The molecule has 0 heterocycles. The van der Waals surface area contributed by atoms with Crippen LogP contribution in [0.2, 0.25) is 0 Å². The summed E-state index contributed by atoms with van der Waals surface area (Å²) in [5.74, 6) is 0. The summed E-state index contributed by atoms with van der Waals surface area (Å²) in [6, 6.07) is 0. The first-order valence-corrected chi connectivity index (χ1v) is 4.85. The zero-order valence-electron chi connectivity index (χ0n) is 10.2. The van der Waals surface area contributed by atoms with E-state index in [4.69, 9.17) is 10.8 Å². The molecule has 0 unspecified atom stereocenters. The predicted molar refractivity (Wildman–Crippen MR) is 71.1 cm³/mol. The van der Waals surface area contributed by atoms with Gasteiger partial charge in [0.05, 0.1) is 5.71 Å². The smallest absolute Gasteiger partial charge is 0.0540 e. The van der Waals surface area contributed by atoms with E-state index >= 15 is 0 Å². The molecule has 4 N–H and O–H groups in total. The lowest BCUT2D eigenvalue weighted by molar-refractivity contribution is 1.48. The van der Waals surface area contributed by atoms with Gasteiger partial charge in [-0.2, -0.15) is 0 Å². The molecule has 0 saturated carbocycles. The van der Waals surface area contributed by atoms with Gasteiger partial charge in [-0.3, -0.25) is 0 Å². The molecule has 0 bridgehead atoms. The zero-order chi connectivity index (χ0) is 12.7. The van der Waals surface area contributed by atoms with E-state index in [1.807, 2.05) is 13.8 Å². The largest absolute Gasteiger partial charge is 0.333 e. The Morgan fingerprint density at radius 2 is 1.53 bits per heavy atom. The Labute approximate surface area is 93.4 Å². The van der Waals surface area contributed by atoms with Crippen molar-refractivity contribution in [2.24, 2.45) is 5.73 Å². The third-order valence-electron chi connectivity index (χ3n) is 0.925. The second kappa shape index (κ2) is 18.3. The third kappa shape index (κ3) is 24.5. The maximum absolute atomic E-state index is 7.27. The van der Waals surface area contributed by atoms with E-state index in [0.717, 1.165) is 0 Å². The Kier molecular flexibility index (Phi) is 23.4. The van der Waals surface area contributed by atoms with E-state index < -0.39 is 0 Å². The molecule has 0 rings (SSSR count). The van der Waals surface area contributed by atoms with Crippen LogP contribution in [0.1, 0.15) is 20.8 Å². The number of hydrogen-bond donors (Lipinski definition) is 3. The minimum Gasteiger partial charge on any atom is -0.333 e. The first kappa shape index (κ1) is 19.1. The van der Waals surface area contributed by atoms with Gasteiger partial charge in [0.25, 0.3) is 0 Å². The number of hydrogen-bond acceptors (Lipinski definition) is 3. The first-order chi connectivity index (χ1) is 7.16. The highest BCUT2D eigenvalue weighted by Crippen LogP contribution is 1.83. The van der Waals surface area contributed by atoms with Crippen LogP contribution in [0, 0.1) is 10.8 Å². The van der Waals surface area contributed by atoms with Crippen LogP contribution < -0.4 is 5.73 Å². The van der Waals surface area contributed by atoms with Crippen LogP contribution in [0.25, 0.3) is 0 Å². The van der Waals surface area contributed by atoms with Gasteiger partial charge in [0.15, 0.2) is 0 Å². The Morgan fingerprint density at radius 3 is 1.87 bits per heavy atom. The Bertz CT molecular complexity index is 225. The monoisotopic (exact) mass is 209 g/mol. The number of allylic oxidation sites excluding steroid dienone is 5. The summed E-state index contributed by atoms with van der Waals surface area (Å²) in [5, 5.41) is 14.3. The van der Waals surface area contributed by atoms with Crippen molar-refractivity contribution in [3.63, 3.8) is 0 Å². The molecule has 0 aliphatic rings. The summed E-state index contributed by atoms with van der Waals surface area (Å²) < 4.78 is 0. The van der Waals surface area contributed by atoms with Crippen LogP contribution in [0.3, 0.4) is 0 Å². The number of nitrogens with two attached hydrogens (primary N) is 1. The average molecular weight is 209 g/mol. The van der Waals surface area contributed by atoms with E-state index in [9.17, 15) is 0 Å². The minimum absolute atomic E-state index is 0.372. The van der Waals surface area contributed by atoms with Crippen LogP contribution in [-0.4, -0.2) is 18.5 Å². The summed E-state index contributed by atoms with van der Waals surface area (Å²) in [5.41, 5.74) is 5.32. The van der Waals surface area contributed by atoms with Crippen LogP contribution in [0.5, 0.6) is 0 Å². The van der Waals surface area contributed by atoms with Gasteiger partial charge >= 0.3 is 0 Å². The molecule has 0 aromatic carbocycles. The fourth-order valence-corrected chi connectivity index (χ4v) is 0.442. The van der Waals surface area contributed by atoms with Gasteiger partial charge < -0.3 is 16.6 Å². The summed E-state index contributed by atoms with van der Waals surface area (Å²) >= 11 is 0. The molecule has 0 amide bonds. The van der Waals surface area contributed by atoms with Crippen molar-refractivity contribution in [2.75, 3.05) is 7.05 Å². The fourth-order valence-electron chi connectivity index (χ4n) is 0.442. The minimum atomic E-state index is 0.372. The predicted octanol–water partition coefficient (Wildman–Crippen LogP) is 2.95. The highest BCUT2D eigenvalue weighted by molar-refractivity contribution is 6.05. The second-order valence-corrected chi connectivity index (χ2v) is 2.07. The van der Waals surface area contributed by atoms with Crippen LogP contribution >= 0.6 is 0 Å². The molecule has 3 nitrogen and oxygen atoms in total. The van der Waals surface area contributed by atoms with Crippen LogP contribution in [0.15, 0.2) is 37.0 Å². The molecule has 0 radical (unpaired) electrons. The molecule has 15 heavy (non-hydrogen) atoms. The van der Waals surface area contributed by atoms with Gasteiger partial charge in [-0.25, -0.2) is 0 Å². The van der Waals surface area contributed by atoms with Gasteiger partial charge in [-0.05, 0) is 32.2 Å². The molecule has 86 valence electrons. The molecular formula is C12H23N3. The SMILES string of the molecule is C=C/C=C\C(=N)/C=C/C(C)=N.CC.CN. The standard InChI is InChI=1S/C9H12N2.C2H6.CH5N/c1-3-4-5-9(11)7-6-8(2)10;2*1-2/h3-7,10-11H,1H2,2H3;1-2H3;2H2,1H3/b5-4-,7-6+,10-8?,11-9?;;. The second-order valence-electron chi connectivity index (χ2n) is 2.07. The highest BCUT2D eigenvalue weighted by Gasteiger charge is 1.81. The maximum atomic E-state index is 7.27. The lowest BCUT2D eigenvalue weighted by Crippen LogP contribution is -1.86. The van der Waals surface area contributed by atoms with Crippen LogP contribution in [-0.2, 0) is 0 Å². The van der Waals surface area contributed by atoms with Crippen molar-refractivity contribution in [3.8, 4) is 0 Å². The normalized spacial score (nSPS) is 8.60. The molecule has 0 atom stereocenters. The highest BCUT2D eigenvalue weighted by atomic mass is 14.4. The third-order valence-corrected chi connectivity index (χ3v) is 0.925.